The summed E-state index contributed by atoms with van der Waals surface area (Å²) in [6, 6.07) is 0. The highest BCUT2D eigenvalue weighted by Gasteiger charge is 2.51. The third-order valence-corrected chi connectivity index (χ3v) is 10.5. The van der Waals surface area contributed by atoms with E-state index in [2.05, 4.69) is 86.8 Å². The number of unbranched alkanes of at least 4 members (excludes halogenated alkanes) is 5. The van der Waals surface area contributed by atoms with E-state index >= 15 is 0 Å². The van der Waals surface area contributed by atoms with Gasteiger partial charge in [-0.2, -0.15) is 0 Å². The zero-order valence-corrected chi connectivity index (χ0v) is 37.6. The molecule has 1 saturated carbocycles. The van der Waals surface area contributed by atoms with Crippen LogP contribution in [0.4, 0.5) is 0 Å². The van der Waals surface area contributed by atoms with Gasteiger partial charge in [0.15, 0.2) is 6.10 Å². The van der Waals surface area contributed by atoms with Crippen LogP contribution in [0, 0.1) is 0 Å². The first-order valence-corrected chi connectivity index (χ1v) is 23.6. The van der Waals surface area contributed by atoms with Gasteiger partial charge in [0.25, 0.3) is 0 Å². The molecule has 0 aliphatic heterocycles. The summed E-state index contributed by atoms with van der Waals surface area (Å²) in [5.74, 6) is -1.34. The number of carbonyl (C=O) groups excluding carboxylic acids is 2. The van der Waals surface area contributed by atoms with Crippen molar-refractivity contribution in [2.45, 2.75) is 172 Å². The second-order valence-electron chi connectivity index (χ2n) is 15.0. The van der Waals surface area contributed by atoms with Gasteiger partial charge in [0.05, 0.1) is 12.7 Å². The summed E-state index contributed by atoms with van der Waals surface area (Å²) in [6.45, 7) is 2.86. The molecule has 0 heterocycles. The van der Waals surface area contributed by atoms with Gasteiger partial charge in [-0.1, -0.05) is 130 Å². The Kier molecular flexibility index (Phi) is 33.1. The molecule has 0 saturated heterocycles. The van der Waals surface area contributed by atoms with Crippen LogP contribution in [0.1, 0.15) is 123 Å². The van der Waals surface area contributed by atoms with Crippen molar-refractivity contribution in [3.8, 4) is 0 Å². The van der Waals surface area contributed by atoms with E-state index in [9.17, 15) is 49.7 Å². The number of aliphatic hydroxyl groups excluding tert-OH is 6. The summed E-state index contributed by atoms with van der Waals surface area (Å²) < 4.78 is 33.3. The maximum Gasteiger partial charge on any atom is 0.472 e. The fourth-order valence-corrected chi connectivity index (χ4v) is 6.95. The number of hydrogen-bond acceptors (Lipinski definition) is 13. The first kappa shape index (κ1) is 56.7. The van der Waals surface area contributed by atoms with Crippen LogP contribution in [0.15, 0.2) is 97.2 Å². The van der Waals surface area contributed by atoms with E-state index in [4.69, 9.17) is 18.5 Å². The Morgan fingerprint density at radius 2 is 1.06 bits per heavy atom. The lowest BCUT2D eigenvalue weighted by atomic mass is 9.85. The highest BCUT2D eigenvalue weighted by molar-refractivity contribution is 7.47. The van der Waals surface area contributed by atoms with Crippen molar-refractivity contribution in [1.82, 2.24) is 0 Å². The molecule has 14 nitrogen and oxygen atoms in total. The number of rotatable bonds is 34. The molecule has 7 N–H and O–H groups in total. The molecule has 0 spiro atoms. The Morgan fingerprint density at radius 3 is 1.65 bits per heavy atom. The minimum absolute atomic E-state index is 0.0301. The first-order chi connectivity index (χ1) is 29.8. The highest BCUT2D eigenvalue weighted by atomic mass is 31.2. The zero-order chi connectivity index (χ0) is 45.9. The molecule has 0 aromatic carbocycles. The fraction of sp³-hybridized carbons (Fsp3) is 0.617. The van der Waals surface area contributed by atoms with Gasteiger partial charge in [-0.25, -0.2) is 4.57 Å². The van der Waals surface area contributed by atoms with Gasteiger partial charge in [0, 0.05) is 12.8 Å². The molecule has 0 radical (unpaired) electrons. The van der Waals surface area contributed by atoms with Crippen LogP contribution < -0.4 is 0 Å². The van der Waals surface area contributed by atoms with Crippen molar-refractivity contribution >= 4 is 19.8 Å². The molecule has 1 fully saturated rings. The van der Waals surface area contributed by atoms with E-state index in [1.807, 2.05) is 12.2 Å². The topological polar surface area (TPSA) is 230 Å². The number of esters is 2. The SMILES string of the molecule is CC/C=C\C/C=C\C/C=C\C/C=C\C=C\C(O)CCCC(=O)OC[C@H](COP(=O)(O)OC1[C@H](O)[C@H](O)C(O)[C@H](O)[C@H]1O)OC(=O)CCCCCCC/C=C\C/C=C\C/C=C\CC. The Morgan fingerprint density at radius 1 is 0.581 bits per heavy atom. The molecule has 9 atom stereocenters. The largest absolute Gasteiger partial charge is 0.472 e. The van der Waals surface area contributed by atoms with Crippen molar-refractivity contribution in [1.29, 1.82) is 0 Å². The van der Waals surface area contributed by atoms with E-state index < -0.39 is 81.8 Å². The number of allylic oxidation sites excluding steroid dienone is 15. The molecule has 352 valence electrons. The summed E-state index contributed by atoms with van der Waals surface area (Å²) in [5, 5.41) is 60.4. The van der Waals surface area contributed by atoms with E-state index in [1.54, 1.807) is 12.2 Å². The average molecular weight is 895 g/mol. The Hall–Kier alpha value is -3.27. The van der Waals surface area contributed by atoms with Crippen LogP contribution in [0.25, 0.3) is 0 Å². The molecule has 1 aliphatic rings. The number of aliphatic hydroxyl groups is 6. The van der Waals surface area contributed by atoms with Crippen molar-refractivity contribution in [2.75, 3.05) is 13.2 Å². The van der Waals surface area contributed by atoms with Crippen molar-refractivity contribution < 1.29 is 68.2 Å². The summed E-state index contributed by atoms with van der Waals surface area (Å²) in [6.07, 6.45) is 30.6. The lowest BCUT2D eigenvalue weighted by Crippen LogP contribution is -2.64. The standard InChI is InChI=1S/C47H75O14P/c1-3-5-7-9-11-13-15-17-18-20-22-24-26-28-30-34-41(50)60-39(37-59-62(56,57)61-47-45(54)43(52)42(51)44(53)46(47)55)36-58-40(49)35-31-33-38(48)32-29-27-25-23-21-19-16-14-12-10-8-6-4-2/h5-8,11-14,17-19,21,25,27,29,32,38-39,42-48,51-55H,3-4,9-10,15-16,20,22-24,26,28,30-31,33-37H2,1-2H3,(H,56,57)/b7-5-,8-6-,13-11-,14-12-,18-17-,21-19-,27-25-,32-29+/t38?,39-,42?,43-,44+,45-,46-,47?/m1/s1. The fourth-order valence-electron chi connectivity index (χ4n) is 5.98. The summed E-state index contributed by atoms with van der Waals surface area (Å²) in [7, 11) is -5.17. The molecule has 0 aromatic rings. The number of ether oxygens (including phenoxy) is 2. The van der Waals surface area contributed by atoms with Crippen LogP contribution in [0.3, 0.4) is 0 Å². The summed E-state index contributed by atoms with van der Waals surface area (Å²) >= 11 is 0. The van der Waals surface area contributed by atoms with Crippen molar-refractivity contribution in [2.24, 2.45) is 0 Å². The minimum Gasteiger partial charge on any atom is -0.462 e. The Balaban J connectivity index is 2.59. The van der Waals surface area contributed by atoms with Gasteiger partial charge in [-0.05, 0) is 77.0 Å². The molecular formula is C47H75O14P. The first-order valence-electron chi connectivity index (χ1n) is 22.1. The molecular weight excluding hydrogens is 819 g/mol. The molecule has 62 heavy (non-hydrogen) atoms. The third-order valence-electron chi connectivity index (χ3n) is 9.52. The van der Waals surface area contributed by atoms with Gasteiger partial charge in [-0.3, -0.25) is 18.6 Å². The molecule has 4 unspecified atom stereocenters. The number of phosphoric ester groups is 1. The van der Waals surface area contributed by atoms with Gasteiger partial charge in [0.1, 0.15) is 43.2 Å². The average Bonchev–Trinajstić information content (AvgIpc) is 3.25. The van der Waals surface area contributed by atoms with Gasteiger partial charge < -0.3 is 45.0 Å². The van der Waals surface area contributed by atoms with E-state index in [0.717, 1.165) is 77.0 Å². The minimum atomic E-state index is -5.17. The molecule has 15 heteroatoms. The quantitative estimate of drug-likeness (QED) is 0.0111. The van der Waals surface area contributed by atoms with Gasteiger partial charge in [0.2, 0.25) is 0 Å². The number of phosphoric acid groups is 1. The van der Waals surface area contributed by atoms with Crippen LogP contribution in [-0.2, 0) is 32.7 Å². The third kappa shape index (κ3) is 28.4. The molecule has 1 aliphatic carbocycles. The Bertz CT molecular complexity index is 1470. The summed E-state index contributed by atoms with van der Waals surface area (Å²) in [5.41, 5.74) is 0. The smallest absolute Gasteiger partial charge is 0.462 e. The van der Waals surface area contributed by atoms with Crippen LogP contribution >= 0.6 is 7.82 Å². The van der Waals surface area contributed by atoms with Gasteiger partial charge in [-0.15, -0.1) is 0 Å². The lowest BCUT2D eigenvalue weighted by molar-refractivity contribution is -0.220. The van der Waals surface area contributed by atoms with E-state index in [0.29, 0.717) is 6.42 Å². The maximum atomic E-state index is 12.8. The van der Waals surface area contributed by atoms with Crippen LogP contribution in [-0.4, -0.2) is 110 Å². The second kappa shape index (κ2) is 36.1. The molecule has 0 amide bonds. The van der Waals surface area contributed by atoms with E-state index in [1.165, 1.54) is 0 Å². The van der Waals surface area contributed by atoms with E-state index in [-0.39, 0.29) is 25.7 Å². The molecule has 0 bridgehead atoms. The molecule has 0 aromatic heterocycles. The van der Waals surface area contributed by atoms with Gasteiger partial charge >= 0.3 is 19.8 Å². The highest BCUT2D eigenvalue weighted by Crippen LogP contribution is 2.47. The monoisotopic (exact) mass is 894 g/mol. The second-order valence-corrected chi connectivity index (χ2v) is 16.4. The predicted octanol–water partition coefficient (Wildman–Crippen LogP) is 7.24. The number of carbonyl (C=O) groups is 2. The molecule has 1 rings (SSSR count). The zero-order valence-electron chi connectivity index (χ0n) is 36.7. The summed E-state index contributed by atoms with van der Waals surface area (Å²) in [4.78, 5) is 35.7. The normalized spacial score (nSPS) is 23.3. The lowest BCUT2D eigenvalue weighted by Gasteiger charge is -2.41. The van der Waals surface area contributed by atoms with Crippen LogP contribution in [0.5, 0.6) is 0 Å². The van der Waals surface area contributed by atoms with Crippen molar-refractivity contribution in [3.63, 3.8) is 0 Å². The van der Waals surface area contributed by atoms with Crippen molar-refractivity contribution in [3.05, 3.63) is 97.2 Å². The Labute approximate surface area is 369 Å². The predicted molar refractivity (Wildman–Crippen MR) is 240 cm³/mol. The number of hydrogen-bond donors (Lipinski definition) is 7. The maximum absolute atomic E-state index is 12.8. The van der Waals surface area contributed by atoms with Crippen LogP contribution in [0.2, 0.25) is 0 Å².